The van der Waals surface area contributed by atoms with Gasteiger partial charge in [-0.05, 0) is 54.6 Å². The minimum absolute atomic E-state index is 0.680. The lowest BCUT2D eigenvalue weighted by molar-refractivity contribution is 0.578. The van der Waals surface area contributed by atoms with E-state index in [1.807, 2.05) is 60.7 Å². The van der Waals surface area contributed by atoms with E-state index in [1.54, 1.807) is 6.21 Å². The van der Waals surface area contributed by atoms with Crippen LogP contribution in [0.2, 0.25) is 0 Å². The maximum atomic E-state index is 5.68. The summed E-state index contributed by atoms with van der Waals surface area (Å²) in [6.07, 6.45) is 1.70. The number of hydrogen-bond acceptors (Lipinski definition) is 3. The number of nitrogens with one attached hydrogen (secondary N) is 1. The van der Waals surface area contributed by atoms with Gasteiger partial charge in [-0.25, -0.2) is 0 Å². The molecule has 0 aliphatic heterocycles. The lowest BCUT2D eigenvalue weighted by Crippen LogP contribution is -1.87. The van der Waals surface area contributed by atoms with Gasteiger partial charge in [0, 0.05) is 20.7 Å². The van der Waals surface area contributed by atoms with E-state index < -0.39 is 0 Å². The number of benzene rings is 2. The molecule has 0 saturated heterocycles. The molecule has 3 nitrogen and oxygen atoms in total. The van der Waals surface area contributed by atoms with Gasteiger partial charge < -0.3 is 9.73 Å². The Balaban J connectivity index is 1.68. The second kappa shape index (κ2) is 6.94. The van der Waals surface area contributed by atoms with Gasteiger partial charge >= 0.3 is 0 Å². The van der Waals surface area contributed by atoms with Gasteiger partial charge in [-0.15, -0.1) is 0 Å². The van der Waals surface area contributed by atoms with E-state index in [1.165, 1.54) is 0 Å². The van der Waals surface area contributed by atoms with Crippen molar-refractivity contribution in [1.29, 1.82) is 0 Å². The minimum Gasteiger partial charge on any atom is -0.439 e. The van der Waals surface area contributed by atoms with E-state index in [0.29, 0.717) is 11.6 Å². The van der Waals surface area contributed by atoms with E-state index in [4.69, 9.17) is 4.42 Å². The Kier molecular flexibility index (Phi) is 4.75. The molecular weight excluding hydrogens is 408 g/mol. The van der Waals surface area contributed by atoms with Gasteiger partial charge in [0.2, 0.25) is 0 Å². The first-order chi connectivity index (χ1) is 10.7. The summed E-state index contributed by atoms with van der Waals surface area (Å²) < 4.78 is 7.76. The fraction of sp³-hybridized carbons (Fsp3) is 0. The van der Waals surface area contributed by atoms with Gasteiger partial charge in [0.05, 0.1) is 11.9 Å². The Morgan fingerprint density at radius 3 is 2.14 bits per heavy atom. The summed E-state index contributed by atoms with van der Waals surface area (Å²) in [6.45, 7) is 0. The third-order valence-electron chi connectivity index (χ3n) is 2.91. The van der Waals surface area contributed by atoms with Crippen LogP contribution in [0.4, 0.5) is 17.3 Å². The molecule has 1 aromatic heterocycles. The highest BCUT2D eigenvalue weighted by molar-refractivity contribution is 9.10. The van der Waals surface area contributed by atoms with Crippen molar-refractivity contribution >= 4 is 55.3 Å². The van der Waals surface area contributed by atoms with E-state index in [9.17, 15) is 0 Å². The zero-order valence-electron chi connectivity index (χ0n) is 11.5. The van der Waals surface area contributed by atoms with Crippen LogP contribution < -0.4 is 5.32 Å². The molecule has 1 N–H and O–H groups in total. The predicted molar refractivity (Wildman–Crippen MR) is 97.5 cm³/mol. The van der Waals surface area contributed by atoms with Crippen LogP contribution in [0, 0.1) is 0 Å². The predicted octanol–water partition coefficient (Wildman–Crippen LogP) is 6.30. The SMILES string of the molecule is Brc1ccc(N=Cc2ccc(Nc3ccc(Br)cc3)o2)cc1. The molecule has 2 aromatic carbocycles. The van der Waals surface area contributed by atoms with E-state index in [2.05, 4.69) is 42.2 Å². The van der Waals surface area contributed by atoms with Crippen molar-refractivity contribution in [3.8, 4) is 0 Å². The Morgan fingerprint density at radius 1 is 0.818 bits per heavy atom. The lowest BCUT2D eigenvalue weighted by atomic mass is 10.3. The van der Waals surface area contributed by atoms with Crippen molar-refractivity contribution in [2.45, 2.75) is 0 Å². The summed E-state index contributed by atoms with van der Waals surface area (Å²) in [5, 5.41) is 3.20. The Hall–Kier alpha value is -1.85. The second-order valence-corrected chi connectivity index (χ2v) is 6.40. The minimum atomic E-state index is 0.680. The fourth-order valence-corrected chi connectivity index (χ4v) is 2.36. The lowest BCUT2D eigenvalue weighted by Gasteiger charge is -2.02. The van der Waals surface area contributed by atoms with Crippen LogP contribution in [0.25, 0.3) is 0 Å². The molecule has 110 valence electrons. The van der Waals surface area contributed by atoms with Crippen LogP contribution in [-0.2, 0) is 0 Å². The van der Waals surface area contributed by atoms with E-state index >= 15 is 0 Å². The van der Waals surface area contributed by atoms with Gasteiger partial charge in [-0.2, -0.15) is 0 Å². The summed E-state index contributed by atoms with van der Waals surface area (Å²) >= 11 is 6.81. The molecule has 3 aromatic rings. The number of furan rings is 1. The zero-order valence-corrected chi connectivity index (χ0v) is 14.6. The number of aliphatic imine (C=N–C) groups is 1. The smallest absolute Gasteiger partial charge is 0.198 e. The van der Waals surface area contributed by atoms with Crippen molar-refractivity contribution in [1.82, 2.24) is 0 Å². The molecule has 0 atom stereocenters. The molecule has 22 heavy (non-hydrogen) atoms. The van der Waals surface area contributed by atoms with E-state index in [-0.39, 0.29) is 0 Å². The largest absolute Gasteiger partial charge is 0.439 e. The maximum absolute atomic E-state index is 5.68. The second-order valence-electron chi connectivity index (χ2n) is 4.57. The monoisotopic (exact) mass is 418 g/mol. The maximum Gasteiger partial charge on any atom is 0.198 e. The van der Waals surface area contributed by atoms with Crippen LogP contribution in [0.15, 0.2) is 79.0 Å². The normalized spacial score (nSPS) is 11.0. The van der Waals surface area contributed by atoms with Crippen molar-refractivity contribution in [2.75, 3.05) is 5.32 Å². The van der Waals surface area contributed by atoms with Crippen molar-refractivity contribution in [2.24, 2.45) is 4.99 Å². The molecule has 0 unspecified atom stereocenters. The molecule has 0 radical (unpaired) electrons. The van der Waals surface area contributed by atoms with Crippen LogP contribution in [0.5, 0.6) is 0 Å². The highest BCUT2D eigenvalue weighted by Gasteiger charge is 2.00. The van der Waals surface area contributed by atoms with Crippen LogP contribution in [0.1, 0.15) is 5.76 Å². The quantitative estimate of drug-likeness (QED) is 0.504. The van der Waals surface area contributed by atoms with Crippen molar-refractivity contribution < 1.29 is 4.42 Å². The van der Waals surface area contributed by atoms with E-state index in [0.717, 1.165) is 20.3 Å². The summed E-state index contributed by atoms with van der Waals surface area (Å²) in [4.78, 5) is 4.38. The highest BCUT2D eigenvalue weighted by atomic mass is 79.9. The van der Waals surface area contributed by atoms with Gasteiger partial charge in [-0.1, -0.05) is 31.9 Å². The molecule has 0 bridgehead atoms. The first-order valence-electron chi connectivity index (χ1n) is 6.61. The zero-order chi connectivity index (χ0) is 15.4. The standard InChI is InChI=1S/C17H12Br2N2O/c18-12-1-5-14(6-2-12)20-11-16-9-10-17(22-16)21-15-7-3-13(19)4-8-15/h1-11,21H. The fourth-order valence-electron chi connectivity index (χ4n) is 1.83. The first-order valence-corrected chi connectivity index (χ1v) is 8.20. The Labute approximate surface area is 145 Å². The van der Waals surface area contributed by atoms with Crippen LogP contribution in [-0.4, -0.2) is 6.21 Å². The third-order valence-corrected chi connectivity index (χ3v) is 3.96. The van der Waals surface area contributed by atoms with Gasteiger partial charge in [-0.3, -0.25) is 4.99 Å². The molecule has 0 amide bonds. The summed E-state index contributed by atoms with van der Waals surface area (Å²) in [5.41, 5.74) is 1.84. The van der Waals surface area contributed by atoms with Crippen molar-refractivity contribution in [3.63, 3.8) is 0 Å². The molecule has 3 rings (SSSR count). The number of anilines is 2. The first kappa shape index (κ1) is 15.1. The van der Waals surface area contributed by atoms with Crippen LogP contribution in [0.3, 0.4) is 0 Å². The summed E-state index contributed by atoms with van der Waals surface area (Å²) in [6, 6.07) is 19.4. The molecular formula is C17H12Br2N2O. The summed E-state index contributed by atoms with van der Waals surface area (Å²) in [5.74, 6) is 1.38. The van der Waals surface area contributed by atoms with Gasteiger partial charge in [0.25, 0.3) is 0 Å². The molecule has 0 aliphatic carbocycles. The van der Waals surface area contributed by atoms with Gasteiger partial charge in [0.15, 0.2) is 5.88 Å². The Morgan fingerprint density at radius 2 is 1.45 bits per heavy atom. The molecule has 0 aliphatic rings. The average Bonchev–Trinajstić information content (AvgIpc) is 2.97. The molecule has 0 spiro atoms. The number of rotatable bonds is 4. The highest BCUT2D eigenvalue weighted by Crippen LogP contribution is 2.21. The number of nitrogens with zero attached hydrogens (tertiary/aromatic N) is 1. The molecule has 0 fully saturated rings. The Bertz CT molecular complexity index is 777. The molecule has 1 heterocycles. The number of hydrogen-bond donors (Lipinski definition) is 1. The van der Waals surface area contributed by atoms with Crippen LogP contribution >= 0.6 is 31.9 Å². The molecule has 0 saturated carbocycles. The topological polar surface area (TPSA) is 37.5 Å². The third kappa shape index (κ3) is 4.08. The van der Waals surface area contributed by atoms with Crippen molar-refractivity contribution in [3.05, 3.63) is 75.4 Å². The number of halogens is 2. The summed E-state index contributed by atoms with van der Waals surface area (Å²) in [7, 11) is 0. The average molecular weight is 420 g/mol. The molecule has 5 heteroatoms. The van der Waals surface area contributed by atoms with Gasteiger partial charge in [0.1, 0.15) is 5.76 Å².